The van der Waals surface area contributed by atoms with Crippen LogP contribution < -0.4 is 22.1 Å². The molecule has 1 aromatic heterocycles. The number of nitrogens with two attached hydrogens (primary N) is 2. The van der Waals surface area contributed by atoms with E-state index in [2.05, 4.69) is 20.6 Å². The van der Waals surface area contributed by atoms with Crippen LogP contribution in [0.2, 0.25) is 0 Å². The van der Waals surface area contributed by atoms with Gasteiger partial charge in [-0.3, -0.25) is 19.2 Å². The monoisotopic (exact) mass is 591 g/mol. The minimum atomic E-state index is -1.49. The van der Waals surface area contributed by atoms with Crippen molar-refractivity contribution in [3.05, 3.63) is 65.9 Å². The number of rotatable bonds is 11. The second-order valence-corrected chi connectivity index (χ2v) is 10.3. The number of para-hydroxylation sites is 1. The fourth-order valence-electron chi connectivity index (χ4n) is 5.02. The average Bonchev–Trinajstić information content (AvgIpc) is 3.38. The molecule has 1 aliphatic heterocycles. The van der Waals surface area contributed by atoms with E-state index in [1.807, 2.05) is 18.2 Å². The molecule has 0 unspecified atom stereocenters. The molecule has 2 aromatic carbocycles. The quantitative estimate of drug-likeness (QED) is 0.123. The van der Waals surface area contributed by atoms with E-state index in [1.165, 1.54) is 0 Å². The first-order valence-corrected chi connectivity index (χ1v) is 13.6. The van der Waals surface area contributed by atoms with Crippen molar-refractivity contribution in [3.8, 4) is 0 Å². The first kappa shape index (κ1) is 30.6. The van der Waals surface area contributed by atoms with Crippen LogP contribution in [0.3, 0.4) is 0 Å². The van der Waals surface area contributed by atoms with Crippen molar-refractivity contribution in [2.75, 3.05) is 13.1 Å². The van der Waals surface area contributed by atoms with E-state index in [-0.39, 0.29) is 31.4 Å². The third-order valence-corrected chi connectivity index (χ3v) is 7.25. The number of hydrogen-bond donors (Lipinski definition) is 7. The van der Waals surface area contributed by atoms with E-state index >= 15 is 0 Å². The molecule has 0 radical (unpaired) electrons. The molecular formula is C29H33N7O7. The second-order valence-electron chi connectivity index (χ2n) is 10.3. The molecular weight excluding hydrogens is 558 g/mol. The number of guanidine groups is 1. The van der Waals surface area contributed by atoms with Crippen LogP contribution in [0.1, 0.15) is 35.2 Å². The van der Waals surface area contributed by atoms with Crippen LogP contribution in [-0.4, -0.2) is 80.9 Å². The Morgan fingerprint density at radius 1 is 0.953 bits per heavy atom. The molecule has 9 N–H and O–H groups in total. The van der Waals surface area contributed by atoms with Gasteiger partial charge in [-0.2, -0.15) is 0 Å². The SMILES string of the molecule is NC(N)=Nc1ccc(C(=O)N2CCC(C(=O)N[C@@H](CC(=O)O)C(=O)N[C@H](Cc3c[nH]c4ccccc34)C(=O)O)CC2)cc1. The number of benzene rings is 2. The third-order valence-electron chi connectivity index (χ3n) is 7.25. The Labute approximate surface area is 246 Å². The predicted molar refractivity (Wildman–Crippen MR) is 156 cm³/mol. The average molecular weight is 592 g/mol. The van der Waals surface area contributed by atoms with Gasteiger partial charge in [-0.25, -0.2) is 9.79 Å². The second kappa shape index (κ2) is 13.5. The Balaban J connectivity index is 1.35. The van der Waals surface area contributed by atoms with E-state index < -0.39 is 48.2 Å². The van der Waals surface area contributed by atoms with Crippen LogP contribution in [0.4, 0.5) is 5.69 Å². The maximum atomic E-state index is 13.1. The number of aromatic amines is 1. The van der Waals surface area contributed by atoms with Crippen molar-refractivity contribution >= 4 is 52.2 Å². The van der Waals surface area contributed by atoms with Gasteiger partial charge in [0.1, 0.15) is 12.1 Å². The fraction of sp³-hybridized carbons (Fsp3) is 0.310. The lowest BCUT2D eigenvalue weighted by atomic mass is 9.94. The van der Waals surface area contributed by atoms with Crippen molar-refractivity contribution in [2.24, 2.45) is 22.4 Å². The van der Waals surface area contributed by atoms with Gasteiger partial charge in [-0.05, 0) is 48.7 Å². The van der Waals surface area contributed by atoms with E-state index in [1.54, 1.807) is 41.4 Å². The van der Waals surface area contributed by atoms with Crippen molar-refractivity contribution in [2.45, 2.75) is 37.8 Å². The zero-order valence-electron chi connectivity index (χ0n) is 23.2. The van der Waals surface area contributed by atoms with Crippen molar-refractivity contribution in [1.29, 1.82) is 0 Å². The lowest BCUT2D eigenvalue weighted by Crippen LogP contribution is -2.54. The number of fused-ring (bicyclic) bond motifs is 1. The van der Waals surface area contributed by atoms with Gasteiger partial charge in [0, 0.05) is 48.1 Å². The lowest BCUT2D eigenvalue weighted by Gasteiger charge is -2.32. The topological polar surface area (TPSA) is 233 Å². The Morgan fingerprint density at radius 3 is 2.26 bits per heavy atom. The fourth-order valence-corrected chi connectivity index (χ4v) is 5.02. The number of carbonyl (C=O) groups excluding carboxylic acids is 3. The molecule has 4 rings (SSSR count). The Hall–Kier alpha value is -5.40. The summed E-state index contributed by atoms with van der Waals surface area (Å²) >= 11 is 0. The first-order valence-electron chi connectivity index (χ1n) is 13.6. The molecule has 1 fully saturated rings. The molecule has 2 heterocycles. The number of nitrogens with zero attached hydrogens (tertiary/aromatic N) is 2. The lowest BCUT2D eigenvalue weighted by molar-refractivity contribution is -0.143. The Bertz CT molecular complexity index is 1540. The van der Waals surface area contributed by atoms with Crippen molar-refractivity contribution < 1.29 is 34.2 Å². The minimum Gasteiger partial charge on any atom is -0.481 e. The van der Waals surface area contributed by atoms with Gasteiger partial charge in [0.25, 0.3) is 5.91 Å². The highest BCUT2D eigenvalue weighted by atomic mass is 16.4. The number of aromatic nitrogens is 1. The van der Waals surface area contributed by atoms with Gasteiger partial charge >= 0.3 is 11.9 Å². The summed E-state index contributed by atoms with van der Waals surface area (Å²) in [5.74, 6) is -5.00. The molecule has 1 aliphatic rings. The van der Waals surface area contributed by atoms with E-state index in [4.69, 9.17) is 11.5 Å². The van der Waals surface area contributed by atoms with E-state index in [9.17, 15) is 34.2 Å². The number of likely N-dealkylation sites (tertiary alicyclic amines) is 1. The number of nitrogens with one attached hydrogen (secondary N) is 3. The van der Waals surface area contributed by atoms with Crippen LogP contribution in [0.15, 0.2) is 59.7 Å². The molecule has 226 valence electrons. The normalized spacial score (nSPS) is 14.8. The number of carboxylic acid groups (broad SMARTS) is 2. The molecule has 14 heteroatoms. The van der Waals surface area contributed by atoms with Gasteiger partial charge in [0.05, 0.1) is 12.1 Å². The highest BCUT2D eigenvalue weighted by molar-refractivity contribution is 5.96. The summed E-state index contributed by atoms with van der Waals surface area (Å²) < 4.78 is 0. The van der Waals surface area contributed by atoms with Crippen LogP contribution in [0.25, 0.3) is 10.9 Å². The number of carboxylic acids is 2. The molecule has 43 heavy (non-hydrogen) atoms. The predicted octanol–water partition coefficient (Wildman–Crippen LogP) is 0.697. The molecule has 2 atom stereocenters. The van der Waals surface area contributed by atoms with Crippen molar-refractivity contribution in [3.63, 3.8) is 0 Å². The van der Waals surface area contributed by atoms with Gasteiger partial charge < -0.3 is 42.2 Å². The Kier molecular flexibility index (Phi) is 9.60. The van der Waals surface area contributed by atoms with Gasteiger partial charge in [0.2, 0.25) is 11.8 Å². The molecule has 0 spiro atoms. The highest BCUT2D eigenvalue weighted by Gasteiger charge is 2.33. The van der Waals surface area contributed by atoms with Crippen LogP contribution in [0.5, 0.6) is 0 Å². The van der Waals surface area contributed by atoms with Gasteiger partial charge in [-0.1, -0.05) is 18.2 Å². The van der Waals surface area contributed by atoms with Crippen LogP contribution in [0, 0.1) is 5.92 Å². The third kappa shape index (κ3) is 7.87. The zero-order valence-corrected chi connectivity index (χ0v) is 23.2. The van der Waals surface area contributed by atoms with E-state index in [0.29, 0.717) is 29.7 Å². The summed E-state index contributed by atoms with van der Waals surface area (Å²) in [6, 6.07) is 10.9. The number of carbonyl (C=O) groups is 5. The number of piperidine rings is 1. The molecule has 3 aromatic rings. The molecule has 3 amide bonds. The van der Waals surface area contributed by atoms with Gasteiger partial charge in [-0.15, -0.1) is 0 Å². The molecule has 0 aliphatic carbocycles. The van der Waals surface area contributed by atoms with Crippen LogP contribution in [-0.2, 0) is 25.6 Å². The number of aliphatic imine (C=N–C) groups is 1. The maximum Gasteiger partial charge on any atom is 0.326 e. The standard InChI is InChI=1S/C29H33N7O7/c30-29(31)33-19-7-5-17(6-8-19)27(41)36-11-9-16(10-12-36)25(39)34-22(14-24(37)38)26(40)35-23(28(42)43)13-18-15-32-21-4-2-1-3-20(18)21/h1-8,15-16,22-23,32H,9-14H2,(H,34,39)(H,35,40)(H,37,38)(H,42,43)(H4,30,31,33)/t22-,23+/m0/s1. The number of H-pyrrole nitrogens is 1. The summed E-state index contributed by atoms with van der Waals surface area (Å²) in [7, 11) is 0. The minimum absolute atomic E-state index is 0.0532. The smallest absolute Gasteiger partial charge is 0.326 e. The summed E-state index contributed by atoms with van der Waals surface area (Å²) in [5, 5.41) is 24.8. The molecule has 0 bridgehead atoms. The summed E-state index contributed by atoms with van der Waals surface area (Å²) in [4.78, 5) is 71.1. The summed E-state index contributed by atoms with van der Waals surface area (Å²) in [5.41, 5.74) is 13.1. The highest BCUT2D eigenvalue weighted by Crippen LogP contribution is 2.22. The van der Waals surface area contributed by atoms with Gasteiger partial charge in [0.15, 0.2) is 5.96 Å². The molecule has 1 saturated heterocycles. The molecule has 14 nitrogen and oxygen atoms in total. The number of aliphatic carboxylic acids is 2. The summed E-state index contributed by atoms with van der Waals surface area (Å²) in [6.45, 7) is 0.544. The number of amides is 3. The maximum absolute atomic E-state index is 13.1. The van der Waals surface area contributed by atoms with Crippen molar-refractivity contribution in [1.82, 2.24) is 20.5 Å². The largest absolute Gasteiger partial charge is 0.481 e. The Morgan fingerprint density at radius 2 is 1.63 bits per heavy atom. The first-order chi connectivity index (χ1) is 20.5. The summed E-state index contributed by atoms with van der Waals surface area (Å²) in [6.07, 6.45) is 1.46. The number of hydrogen-bond acceptors (Lipinski definition) is 6. The van der Waals surface area contributed by atoms with E-state index in [0.717, 1.165) is 10.9 Å². The molecule has 0 saturated carbocycles. The zero-order chi connectivity index (χ0) is 31.1. The van der Waals surface area contributed by atoms with Crippen LogP contribution >= 0.6 is 0 Å².